The second-order valence-electron chi connectivity index (χ2n) is 6.25. The lowest BCUT2D eigenvalue weighted by Crippen LogP contribution is -2.64. The highest BCUT2D eigenvalue weighted by Gasteiger charge is 2.64. The van der Waals surface area contributed by atoms with E-state index < -0.39 is 60.8 Å². The molecule has 5 rings (SSSR count). The minimum Gasteiger partial charge on any atom is -0.493 e. The number of likely N-dealkylation sites (N-methyl/N-ethyl adjacent to an activating group) is 1. The normalized spacial score (nSPS) is 56.5. The summed E-state index contributed by atoms with van der Waals surface area (Å²) >= 11 is 0. The second kappa shape index (κ2) is 4.06. The number of nitrogens with zero attached hydrogens (tertiary/aromatic N) is 1. The van der Waals surface area contributed by atoms with E-state index in [4.69, 9.17) is 21.8 Å². The lowest BCUT2D eigenvalue weighted by atomic mass is 9.53. The Morgan fingerprint density at radius 2 is 2.50 bits per heavy atom. The molecule has 1 aromatic rings. The minimum absolute atomic E-state index is 0.0668. The first-order valence-corrected chi connectivity index (χ1v) is 7.28. The number of hydrogen-bond acceptors (Lipinski definition) is 4. The van der Waals surface area contributed by atoms with E-state index in [0.717, 1.165) is 6.08 Å². The Bertz CT molecular complexity index is 1040. The van der Waals surface area contributed by atoms with Crippen molar-refractivity contribution in [2.75, 3.05) is 20.6 Å². The lowest BCUT2D eigenvalue weighted by Gasteiger charge is -2.56. The summed E-state index contributed by atoms with van der Waals surface area (Å²) in [5, 5.41) is 10.9. The van der Waals surface area contributed by atoms with Crippen molar-refractivity contribution in [2.45, 2.75) is 36.4 Å². The molecule has 1 fully saturated rings. The molecule has 4 aliphatic rings. The van der Waals surface area contributed by atoms with E-state index in [1.54, 1.807) is 11.9 Å². The van der Waals surface area contributed by atoms with E-state index in [1.807, 2.05) is 0 Å². The van der Waals surface area contributed by atoms with Crippen molar-refractivity contribution in [3.05, 3.63) is 35.4 Å². The third kappa shape index (κ3) is 1.28. The second-order valence-corrected chi connectivity index (χ2v) is 6.25. The molecule has 2 unspecified atom stereocenters. The van der Waals surface area contributed by atoms with Crippen LogP contribution in [0.5, 0.6) is 11.5 Å². The van der Waals surface area contributed by atoms with Crippen LogP contribution in [0.3, 0.4) is 0 Å². The number of ether oxygens (including phenoxy) is 2. The van der Waals surface area contributed by atoms with Crippen LogP contribution in [0.2, 0.25) is 0 Å². The number of hydrogen-bond donors (Lipinski definition) is 1. The number of piperidine rings is 1. The fourth-order valence-electron chi connectivity index (χ4n) is 4.40. The number of benzene rings is 1. The van der Waals surface area contributed by atoms with Crippen molar-refractivity contribution in [3.8, 4) is 11.5 Å². The van der Waals surface area contributed by atoms with E-state index in [-0.39, 0.29) is 23.3 Å². The molecule has 2 aliphatic heterocycles. The molecule has 2 aliphatic carbocycles. The van der Waals surface area contributed by atoms with Crippen molar-refractivity contribution >= 4 is 0 Å². The quantitative estimate of drug-likeness (QED) is 0.799. The molecule has 0 aromatic heterocycles. The van der Waals surface area contributed by atoms with E-state index >= 15 is 0 Å². The molecule has 2 bridgehead atoms. The molecule has 1 saturated heterocycles. The molecule has 116 valence electrons. The van der Waals surface area contributed by atoms with Crippen LogP contribution in [0.15, 0.2) is 24.2 Å². The largest absolute Gasteiger partial charge is 0.493 e. The van der Waals surface area contributed by atoms with Gasteiger partial charge in [-0.3, -0.25) is 0 Å². The van der Waals surface area contributed by atoms with Gasteiger partial charge >= 0.3 is 0 Å². The Labute approximate surface area is 143 Å². The molecular formula is C18H21NO3. The highest BCUT2D eigenvalue weighted by Crippen LogP contribution is 2.62. The number of likely N-dealkylation sites (tertiary alicyclic amines) is 1. The van der Waals surface area contributed by atoms with E-state index in [0.29, 0.717) is 6.54 Å². The Hall–Kier alpha value is -1.52. The summed E-state index contributed by atoms with van der Waals surface area (Å²) in [6.07, 6.45) is -4.18. The van der Waals surface area contributed by atoms with Crippen LogP contribution in [0.1, 0.15) is 29.9 Å². The van der Waals surface area contributed by atoms with Crippen molar-refractivity contribution in [1.82, 2.24) is 4.90 Å². The standard InChI is InChI=1S/C18H21NO3/c1-19-8-7-18-11-4-5-13(20)17(18)22-16-14(21-2)6-3-10(15(16)18)9-12(11)19/h3-6,11-13,17,20H,7-9H2,1-2H3/t11-,12+,13?,17?,18-/m0/s1/i2D3,3D,6D,9D2,13D,17D. The Balaban J connectivity index is 1.95. The van der Waals surface area contributed by atoms with Crippen LogP contribution in [0, 0.1) is 5.92 Å². The molecule has 0 saturated carbocycles. The smallest absolute Gasteiger partial charge is 0.165 e. The first kappa shape index (κ1) is 6.93. The number of aliphatic hydroxyl groups is 1. The van der Waals surface area contributed by atoms with E-state index in [9.17, 15) is 5.11 Å². The highest BCUT2D eigenvalue weighted by atomic mass is 16.5. The molecule has 0 radical (unpaired) electrons. The average Bonchev–Trinajstić information content (AvgIpc) is 2.89. The Kier molecular flexibility index (Phi) is 1.28. The van der Waals surface area contributed by atoms with Crippen LogP contribution in [-0.4, -0.2) is 48.8 Å². The molecule has 1 aromatic carbocycles. The average molecular weight is 308 g/mol. The van der Waals surface area contributed by atoms with Crippen molar-refractivity contribution in [2.24, 2.45) is 5.92 Å². The van der Waals surface area contributed by atoms with Crippen LogP contribution in [0.25, 0.3) is 0 Å². The van der Waals surface area contributed by atoms with E-state index in [1.165, 1.54) is 6.08 Å². The molecule has 22 heavy (non-hydrogen) atoms. The third-order valence-electron chi connectivity index (χ3n) is 5.37. The predicted octanol–water partition coefficient (Wildman–Crippen LogP) is 1.50. The maximum atomic E-state index is 10.9. The van der Waals surface area contributed by atoms with Gasteiger partial charge in [-0.15, -0.1) is 0 Å². The van der Waals surface area contributed by atoms with Gasteiger partial charge in [0.25, 0.3) is 0 Å². The summed E-state index contributed by atoms with van der Waals surface area (Å²) in [4.78, 5) is 1.78. The molecular weight excluding hydrogens is 278 g/mol. The predicted molar refractivity (Wildman–Crippen MR) is 82.5 cm³/mol. The van der Waals surface area contributed by atoms with Crippen LogP contribution in [0.4, 0.5) is 0 Å². The first-order valence-electron chi connectivity index (χ1n) is 11.8. The Morgan fingerprint density at radius 3 is 3.36 bits per heavy atom. The maximum absolute atomic E-state index is 10.9. The summed E-state index contributed by atoms with van der Waals surface area (Å²) in [7, 11) is -1.26. The van der Waals surface area contributed by atoms with Crippen molar-refractivity contribution in [3.63, 3.8) is 0 Å². The van der Waals surface area contributed by atoms with Gasteiger partial charge in [0.15, 0.2) is 11.5 Å². The third-order valence-corrected chi connectivity index (χ3v) is 5.37. The van der Waals surface area contributed by atoms with Crippen LogP contribution < -0.4 is 9.47 Å². The first-order chi connectivity index (χ1) is 14.1. The zero-order chi connectivity index (χ0) is 22.9. The van der Waals surface area contributed by atoms with Gasteiger partial charge in [-0.25, -0.2) is 0 Å². The monoisotopic (exact) mass is 308 g/mol. The number of methoxy groups -OCH3 is 1. The van der Waals surface area contributed by atoms with E-state index in [2.05, 4.69) is 0 Å². The fraction of sp³-hybridized carbons (Fsp3) is 0.556. The SMILES string of the molecule is [2H]c1c([2H])c2c3c(c1OC([2H])([2H])[2H])OC1([2H])C([2H])(O)C=C[C@H]4[C@H](N(C)CC[C@@]341)C2([2H])[2H]. The summed E-state index contributed by atoms with van der Waals surface area (Å²) in [6, 6.07) is -2.05. The summed E-state index contributed by atoms with van der Waals surface area (Å²) in [6.45, 7) is 0.332. The molecule has 4 heteroatoms. The van der Waals surface area contributed by atoms with Gasteiger partial charge in [-0.05, 0) is 38.0 Å². The zero-order valence-corrected chi connectivity index (χ0v) is 11.9. The zero-order valence-electron chi connectivity index (χ0n) is 20.9. The van der Waals surface area contributed by atoms with Gasteiger partial charge in [-0.2, -0.15) is 0 Å². The molecule has 1 N–H and O–H groups in total. The maximum Gasteiger partial charge on any atom is 0.165 e. The molecule has 0 amide bonds. The highest BCUT2D eigenvalue weighted by molar-refractivity contribution is 5.62. The van der Waals surface area contributed by atoms with Gasteiger partial charge in [-0.1, -0.05) is 18.2 Å². The summed E-state index contributed by atoms with van der Waals surface area (Å²) < 4.78 is 85.5. The van der Waals surface area contributed by atoms with Gasteiger partial charge in [0.2, 0.25) is 0 Å². The number of rotatable bonds is 1. The van der Waals surface area contributed by atoms with Gasteiger partial charge in [0, 0.05) is 25.7 Å². The van der Waals surface area contributed by atoms with Crippen LogP contribution >= 0.6 is 0 Å². The molecule has 4 nitrogen and oxygen atoms in total. The topological polar surface area (TPSA) is 41.9 Å². The molecule has 1 spiro atoms. The minimum atomic E-state index is -2.99. The van der Waals surface area contributed by atoms with Crippen LogP contribution in [-0.2, 0) is 11.8 Å². The molecule has 2 heterocycles. The van der Waals surface area contributed by atoms with Gasteiger partial charge in [0.1, 0.15) is 12.2 Å². The fourth-order valence-corrected chi connectivity index (χ4v) is 4.40. The van der Waals surface area contributed by atoms with Crippen molar-refractivity contribution in [1.29, 1.82) is 0 Å². The van der Waals surface area contributed by atoms with Crippen molar-refractivity contribution < 1.29 is 26.9 Å². The lowest BCUT2D eigenvalue weighted by molar-refractivity contribution is -0.0453. The Morgan fingerprint density at radius 1 is 1.59 bits per heavy atom. The van der Waals surface area contributed by atoms with Gasteiger partial charge < -0.3 is 19.5 Å². The summed E-state index contributed by atoms with van der Waals surface area (Å²) in [5.41, 5.74) is -1.52. The van der Waals surface area contributed by atoms with Gasteiger partial charge in [0.05, 0.1) is 16.6 Å². The molecule has 5 atom stereocenters. The summed E-state index contributed by atoms with van der Waals surface area (Å²) in [5.74, 6) is -1.62.